The van der Waals surface area contributed by atoms with Crippen molar-refractivity contribution in [3.05, 3.63) is 59.9 Å². The van der Waals surface area contributed by atoms with Crippen LogP contribution >= 0.6 is 0 Å². The van der Waals surface area contributed by atoms with Crippen LogP contribution in [0.25, 0.3) is 0 Å². The van der Waals surface area contributed by atoms with Crippen molar-refractivity contribution in [2.75, 3.05) is 10.6 Å². The molecule has 5 heteroatoms. The van der Waals surface area contributed by atoms with Gasteiger partial charge in [0.15, 0.2) is 5.78 Å². The molecule has 2 rings (SSSR count). The lowest BCUT2D eigenvalue weighted by Gasteiger charge is -2.15. The summed E-state index contributed by atoms with van der Waals surface area (Å²) >= 11 is 0. The lowest BCUT2D eigenvalue weighted by atomic mass is 10.1. The van der Waals surface area contributed by atoms with Crippen molar-refractivity contribution >= 4 is 23.1 Å². The molecule has 0 fully saturated rings. The zero-order valence-corrected chi connectivity index (χ0v) is 12.4. The molecule has 0 aromatic heterocycles. The van der Waals surface area contributed by atoms with Gasteiger partial charge >= 0.3 is 0 Å². The van der Waals surface area contributed by atoms with E-state index in [2.05, 4.69) is 10.6 Å². The van der Waals surface area contributed by atoms with Gasteiger partial charge in [0.25, 0.3) is 0 Å². The molecule has 4 nitrogen and oxygen atoms in total. The van der Waals surface area contributed by atoms with Crippen molar-refractivity contribution in [2.45, 2.75) is 19.9 Å². The van der Waals surface area contributed by atoms with E-state index >= 15 is 0 Å². The number of nitrogens with one attached hydrogen (secondary N) is 2. The Morgan fingerprint density at radius 1 is 1.05 bits per heavy atom. The Bertz CT molecular complexity index is 683. The topological polar surface area (TPSA) is 58.2 Å². The van der Waals surface area contributed by atoms with Crippen molar-refractivity contribution in [3.63, 3.8) is 0 Å². The highest BCUT2D eigenvalue weighted by atomic mass is 19.1. The number of rotatable bonds is 5. The highest BCUT2D eigenvalue weighted by Gasteiger charge is 2.13. The summed E-state index contributed by atoms with van der Waals surface area (Å²) in [7, 11) is 0. The third-order valence-electron chi connectivity index (χ3n) is 3.16. The van der Waals surface area contributed by atoms with Gasteiger partial charge in [0.2, 0.25) is 5.91 Å². The van der Waals surface area contributed by atoms with Crippen LogP contribution in [0.4, 0.5) is 15.8 Å². The molecule has 0 aliphatic rings. The first kappa shape index (κ1) is 15.7. The Morgan fingerprint density at radius 3 is 2.36 bits per heavy atom. The molecule has 114 valence electrons. The maximum atomic E-state index is 12.8. The highest BCUT2D eigenvalue weighted by Crippen LogP contribution is 2.13. The molecule has 2 aromatic carbocycles. The zero-order valence-electron chi connectivity index (χ0n) is 12.4. The molecule has 0 radical (unpaired) electrons. The van der Waals surface area contributed by atoms with Crippen LogP contribution < -0.4 is 10.6 Å². The minimum Gasteiger partial charge on any atom is -0.374 e. The van der Waals surface area contributed by atoms with E-state index in [1.54, 1.807) is 43.3 Å². The van der Waals surface area contributed by atoms with Crippen molar-refractivity contribution in [2.24, 2.45) is 0 Å². The van der Waals surface area contributed by atoms with E-state index in [0.717, 1.165) is 0 Å². The van der Waals surface area contributed by atoms with Crippen molar-refractivity contribution in [3.8, 4) is 0 Å². The molecular weight excluding hydrogens is 283 g/mol. The van der Waals surface area contributed by atoms with E-state index in [4.69, 9.17) is 0 Å². The second-order valence-corrected chi connectivity index (χ2v) is 5.00. The van der Waals surface area contributed by atoms with E-state index in [1.807, 2.05) is 0 Å². The van der Waals surface area contributed by atoms with Crippen LogP contribution in [0.2, 0.25) is 0 Å². The quantitative estimate of drug-likeness (QED) is 0.831. The number of hydrogen-bond acceptors (Lipinski definition) is 3. The Morgan fingerprint density at radius 2 is 1.73 bits per heavy atom. The Kier molecular flexibility index (Phi) is 4.88. The Balaban J connectivity index is 2.00. The van der Waals surface area contributed by atoms with Gasteiger partial charge < -0.3 is 10.6 Å². The van der Waals surface area contributed by atoms with Crippen molar-refractivity contribution in [1.29, 1.82) is 0 Å². The van der Waals surface area contributed by atoms with Gasteiger partial charge in [-0.2, -0.15) is 0 Å². The second-order valence-electron chi connectivity index (χ2n) is 5.00. The Hall–Kier alpha value is -2.69. The lowest BCUT2D eigenvalue weighted by molar-refractivity contribution is -0.116. The summed E-state index contributed by atoms with van der Waals surface area (Å²) in [5.41, 5.74) is 1.75. The number of halogens is 1. The average molecular weight is 300 g/mol. The van der Waals surface area contributed by atoms with E-state index in [9.17, 15) is 14.0 Å². The maximum absolute atomic E-state index is 12.8. The first-order valence-corrected chi connectivity index (χ1v) is 6.89. The van der Waals surface area contributed by atoms with Gasteiger partial charge in [-0.05, 0) is 50.2 Å². The van der Waals surface area contributed by atoms with Crippen LogP contribution in [0, 0.1) is 5.82 Å². The molecule has 1 atom stereocenters. The molecule has 2 aromatic rings. The zero-order chi connectivity index (χ0) is 16.1. The van der Waals surface area contributed by atoms with Gasteiger partial charge in [0.1, 0.15) is 11.9 Å². The van der Waals surface area contributed by atoms with Crippen LogP contribution in [-0.4, -0.2) is 17.7 Å². The number of hydrogen-bond donors (Lipinski definition) is 2. The van der Waals surface area contributed by atoms with Gasteiger partial charge in [-0.1, -0.05) is 12.1 Å². The number of Topliss-reactive ketones (excluding diaryl/α,β-unsaturated/α-hetero) is 1. The van der Waals surface area contributed by atoms with E-state index in [0.29, 0.717) is 16.9 Å². The lowest BCUT2D eigenvalue weighted by Crippen LogP contribution is -2.31. The van der Waals surface area contributed by atoms with Crippen LogP contribution in [0.1, 0.15) is 24.2 Å². The number of carbonyl (C=O) groups is 2. The van der Waals surface area contributed by atoms with Gasteiger partial charge in [-0.25, -0.2) is 4.39 Å². The van der Waals surface area contributed by atoms with Gasteiger partial charge in [0, 0.05) is 16.9 Å². The Labute approximate surface area is 128 Å². The van der Waals surface area contributed by atoms with Crippen LogP contribution in [0.15, 0.2) is 48.5 Å². The fraction of sp³-hybridized carbons (Fsp3) is 0.176. The SMILES string of the molecule is CC(=O)c1cccc(NC(=O)C(C)Nc2ccc(F)cc2)c1. The minimum atomic E-state index is -0.508. The monoisotopic (exact) mass is 300 g/mol. The highest BCUT2D eigenvalue weighted by molar-refractivity contribution is 5.99. The third kappa shape index (κ3) is 4.15. The summed E-state index contributed by atoms with van der Waals surface area (Å²) in [6.45, 7) is 3.17. The van der Waals surface area contributed by atoms with E-state index in [1.165, 1.54) is 19.1 Å². The molecule has 1 unspecified atom stereocenters. The largest absolute Gasteiger partial charge is 0.374 e. The normalized spacial score (nSPS) is 11.6. The summed E-state index contributed by atoms with van der Waals surface area (Å²) in [6.07, 6.45) is 0. The summed E-state index contributed by atoms with van der Waals surface area (Å²) in [5, 5.41) is 5.72. The number of carbonyl (C=O) groups excluding carboxylic acids is 2. The van der Waals surface area contributed by atoms with Gasteiger partial charge in [-0.3, -0.25) is 9.59 Å². The molecule has 0 saturated carbocycles. The molecule has 0 saturated heterocycles. The second kappa shape index (κ2) is 6.85. The molecule has 0 spiro atoms. The average Bonchev–Trinajstić information content (AvgIpc) is 2.49. The van der Waals surface area contributed by atoms with E-state index in [-0.39, 0.29) is 17.5 Å². The third-order valence-corrected chi connectivity index (χ3v) is 3.16. The number of benzene rings is 2. The predicted octanol–water partition coefficient (Wildman–Crippen LogP) is 3.47. The maximum Gasteiger partial charge on any atom is 0.246 e. The number of amides is 1. The minimum absolute atomic E-state index is 0.0615. The number of anilines is 2. The molecule has 2 N–H and O–H groups in total. The van der Waals surface area contributed by atoms with Crippen LogP contribution in [0.5, 0.6) is 0 Å². The van der Waals surface area contributed by atoms with Gasteiger partial charge in [-0.15, -0.1) is 0 Å². The molecule has 1 amide bonds. The summed E-state index contributed by atoms with van der Waals surface area (Å²) in [6, 6.07) is 12.0. The first-order chi connectivity index (χ1) is 10.5. The summed E-state index contributed by atoms with van der Waals surface area (Å²) in [5.74, 6) is -0.637. The standard InChI is InChI=1S/C17H17FN2O2/c1-11(19-15-8-6-14(18)7-9-15)17(22)20-16-5-3-4-13(10-16)12(2)21/h3-11,19H,1-2H3,(H,20,22). The van der Waals surface area contributed by atoms with Crippen molar-refractivity contribution in [1.82, 2.24) is 0 Å². The van der Waals surface area contributed by atoms with Crippen molar-refractivity contribution < 1.29 is 14.0 Å². The summed E-state index contributed by atoms with van der Waals surface area (Å²) < 4.78 is 12.8. The van der Waals surface area contributed by atoms with Gasteiger partial charge in [0.05, 0.1) is 0 Å². The number of ketones is 1. The fourth-order valence-electron chi connectivity index (χ4n) is 1.93. The molecule has 0 aliphatic heterocycles. The smallest absolute Gasteiger partial charge is 0.246 e. The van der Waals surface area contributed by atoms with E-state index < -0.39 is 6.04 Å². The first-order valence-electron chi connectivity index (χ1n) is 6.89. The predicted molar refractivity (Wildman–Crippen MR) is 84.6 cm³/mol. The molecule has 22 heavy (non-hydrogen) atoms. The van der Waals surface area contributed by atoms with Crippen LogP contribution in [-0.2, 0) is 4.79 Å². The fourth-order valence-corrected chi connectivity index (χ4v) is 1.93. The molecular formula is C17H17FN2O2. The molecule has 0 heterocycles. The molecule has 0 bridgehead atoms. The molecule has 0 aliphatic carbocycles. The summed E-state index contributed by atoms with van der Waals surface area (Å²) in [4.78, 5) is 23.5. The van der Waals surface area contributed by atoms with Crippen LogP contribution in [0.3, 0.4) is 0 Å².